The van der Waals surface area contributed by atoms with Crippen LogP contribution < -0.4 is 16.4 Å². The molecule has 0 spiro atoms. The number of nitrogens with zero attached hydrogens (tertiary/aromatic N) is 1. The number of ether oxygens (including phenoxy) is 1. The van der Waals surface area contributed by atoms with Crippen LogP contribution in [-0.4, -0.2) is 77.5 Å². The van der Waals surface area contributed by atoms with Crippen molar-refractivity contribution >= 4 is 35.6 Å². The van der Waals surface area contributed by atoms with Gasteiger partial charge < -0.3 is 31.1 Å². The van der Waals surface area contributed by atoms with Crippen LogP contribution in [0.5, 0.6) is 0 Å². The molecule has 1 fully saturated rings. The Kier molecular flexibility index (Phi) is 12.9. The molecular weight excluding hydrogens is 749 g/mol. The lowest BCUT2D eigenvalue weighted by atomic mass is 9.84. The maximum Gasteiger partial charge on any atom is 0.407 e. The molecule has 5 aromatic carbocycles. The van der Waals surface area contributed by atoms with E-state index in [1.54, 1.807) is 0 Å². The van der Waals surface area contributed by atoms with Crippen LogP contribution in [0.25, 0.3) is 11.1 Å². The summed E-state index contributed by atoms with van der Waals surface area (Å²) < 4.78 is 5.17. The number of carbonyl (C=O) groups excluding carboxylic acids is 3. The number of carboxylic acid groups (broad SMARTS) is 1. The van der Waals surface area contributed by atoms with E-state index in [1.807, 2.05) is 91.0 Å². The zero-order valence-electron chi connectivity index (χ0n) is 32.2. The van der Waals surface area contributed by atoms with Crippen molar-refractivity contribution in [3.05, 3.63) is 167 Å². The SMILES string of the molecule is NCCC[C@H](NC(=O)[C@@H]1CCCN1C(=O)[C@H](CSC(c1ccccc1)(c1ccccc1)c1ccccc1)NC(=O)OCC1c2ccccc2-c2ccccc21)C(=O)O. The van der Waals surface area contributed by atoms with Gasteiger partial charge in [0.2, 0.25) is 11.8 Å². The molecular formula is C47H48N4O6S. The topological polar surface area (TPSA) is 151 Å². The number of hydrogen-bond acceptors (Lipinski definition) is 7. The molecule has 0 bridgehead atoms. The molecule has 1 saturated heterocycles. The van der Waals surface area contributed by atoms with Crippen molar-refractivity contribution in [2.75, 3.05) is 25.4 Å². The Bertz CT molecular complexity index is 2060. The molecule has 1 aliphatic carbocycles. The molecule has 5 aromatic rings. The number of nitrogens with one attached hydrogen (secondary N) is 2. The number of likely N-dealkylation sites (tertiary alicyclic amines) is 1. The van der Waals surface area contributed by atoms with E-state index in [2.05, 4.69) is 59.2 Å². The van der Waals surface area contributed by atoms with Crippen LogP contribution in [-0.2, 0) is 23.9 Å². The molecule has 3 atom stereocenters. The first-order valence-corrected chi connectivity index (χ1v) is 20.8. The number of alkyl carbamates (subject to hydrolysis) is 1. The highest BCUT2D eigenvalue weighted by atomic mass is 32.2. The second-order valence-electron chi connectivity index (χ2n) is 14.6. The van der Waals surface area contributed by atoms with E-state index in [0.717, 1.165) is 38.9 Å². The minimum absolute atomic E-state index is 0.0595. The number of carboxylic acids is 1. The van der Waals surface area contributed by atoms with Crippen LogP contribution in [0.2, 0.25) is 0 Å². The molecule has 0 unspecified atom stereocenters. The lowest BCUT2D eigenvalue weighted by Crippen LogP contribution is -2.56. The van der Waals surface area contributed by atoms with Crippen molar-refractivity contribution in [2.45, 2.75) is 54.5 Å². The van der Waals surface area contributed by atoms with Crippen molar-refractivity contribution < 1.29 is 29.0 Å². The summed E-state index contributed by atoms with van der Waals surface area (Å²) in [5.74, 6) is -2.23. The van der Waals surface area contributed by atoms with Crippen molar-refractivity contribution in [1.29, 1.82) is 0 Å². The summed E-state index contributed by atoms with van der Waals surface area (Å²) in [6.07, 6.45) is 0.727. The minimum atomic E-state index is -1.16. The van der Waals surface area contributed by atoms with Crippen LogP contribution in [0.3, 0.4) is 0 Å². The molecule has 10 nitrogen and oxygen atoms in total. The molecule has 7 rings (SSSR count). The normalized spacial score (nSPS) is 15.8. The summed E-state index contributed by atoms with van der Waals surface area (Å²) >= 11 is 1.52. The standard InChI is InChI=1S/C47H48N4O6S/c48-28-14-26-40(45(54)55)49-43(52)42-27-15-29-51(42)44(53)41(50-46(56)57-30-39-37-24-12-10-22-35(37)36-23-11-13-25-38(36)39)31-58-47(32-16-4-1-5-17-32,33-18-6-2-7-19-33)34-20-8-3-9-21-34/h1-13,16-25,39-42H,14-15,26-31,48H2,(H,49,52)(H,50,56)(H,54,55)/t40-,41-,42-/m0/s1. The van der Waals surface area contributed by atoms with E-state index in [0.29, 0.717) is 19.3 Å². The van der Waals surface area contributed by atoms with Crippen molar-refractivity contribution in [3.63, 3.8) is 0 Å². The van der Waals surface area contributed by atoms with Gasteiger partial charge in [0.25, 0.3) is 0 Å². The fourth-order valence-corrected chi connectivity index (χ4v) is 9.84. The number of fused-ring (bicyclic) bond motifs is 3. The van der Waals surface area contributed by atoms with Crippen LogP contribution in [0, 0.1) is 0 Å². The number of rotatable bonds is 16. The second-order valence-corrected chi connectivity index (χ2v) is 15.9. The fraction of sp³-hybridized carbons (Fsp3) is 0.277. The molecule has 0 saturated carbocycles. The highest BCUT2D eigenvalue weighted by Gasteiger charge is 2.42. The molecule has 58 heavy (non-hydrogen) atoms. The second kappa shape index (κ2) is 18.6. The summed E-state index contributed by atoms with van der Waals surface area (Å²) in [5, 5.41) is 15.4. The molecule has 1 heterocycles. The predicted octanol–water partition coefficient (Wildman–Crippen LogP) is 6.92. The summed E-state index contributed by atoms with van der Waals surface area (Å²) in [4.78, 5) is 56.0. The lowest BCUT2D eigenvalue weighted by Gasteiger charge is -2.37. The Balaban J connectivity index is 1.19. The molecule has 298 valence electrons. The van der Waals surface area contributed by atoms with E-state index in [-0.39, 0.29) is 37.8 Å². The van der Waals surface area contributed by atoms with Gasteiger partial charge in [0.1, 0.15) is 24.7 Å². The van der Waals surface area contributed by atoms with Gasteiger partial charge in [0.05, 0.1) is 4.75 Å². The first-order chi connectivity index (χ1) is 28.3. The zero-order chi connectivity index (χ0) is 40.5. The van der Waals surface area contributed by atoms with Crippen LogP contribution in [0.15, 0.2) is 140 Å². The Hall–Kier alpha value is -5.91. The molecule has 5 N–H and O–H groups in total. The highest BCUT2D eigenvalue weighted by Crippen LogP contribution is 2.49. The van der Waals surface area contributed by atoms with Gasteiger partial charge in [-0.05, 0) is 71.2 Å². The van der Waals surface area contributed by atoms with Crippen molar-refractivity contribution in [3.8, 4) is 11.1 Å². The monoisotopic (exact) mass is 796 g/mol. The highest BCUT2D eigenvalue weighted by molar-refractivity contribution is 8.00. The number of hydrogen-bond donors (Lipinski definition) is 4. The Morgan fingerprint density at radius 3 is 1.78 bits per heavy atom. The van der Waals surface area contributed by atoms with E-state index in [4.69, 9.17) is 10.5 Å². The van der Waals surface area contributed by atoms with Gasteiger partial charge in [-0.2, -0.15) is 0 Å². The summed E-state index contributed by atoms with van der Waals surface area (Å²) in [6.45, 7) is 0.612. The van der Waals surface area contributed by atoms with Gasteiger partial charge in [0.15, 0.2) is 0 Å². The van der Waals surface area contributed by atoms with Gasteiger partial charge in [0, 0.05) is 18.2 Å². The van der Waals surface area contributed by atoms with Crippen LogP contribution in [0.1, 0.15) is 59.4 Å². The summed E-state index contributed by atoms with van der Waals surface area (Å²) in [5.41, 5.74) is 12.9. The predicted molar refractivity (Wildman–Crippen MR) is 226 cm³/mol. The Morgan fingerprint density at radius 2 is 1.26 bits per heavy atom. The third kappa shape index (κ3) is 8.51. The maximum absolute atomic E-state index is 14.8. The third-order valence-electron chi connectivity index (χ3n) is 11.1. The molecule has 1 aliphatic heterocycles. The average Bonchev–Trinajstić information content (AvgIpc) is 3.89. The molecule has 2 aliphatic rings. The lowest BCUT2D eigenvalue weighted by molar-refractivity contribution is -0.144. The van der Waals surface area contributed by atoms with E-state index in [9.17, 15) is 24.3 Å². The third-order valence-corrected chi connectivity index (χ3v) is 12.7. The van der Waals surface area contributed by atoms with Gasteiger partial charge in [-0.25, -0.2) is 9.59 Å². The largest absolute Gasteiger partial charge is 0.480 e. The first kappa shape index (κ1) is 40.3. The number of carbonyl (C=O) groups is 4. The van der Waals surface area contributed by atoms with E-state index < -0.39 is 46.7 Å². The summed E-state index contributed by atoms with van der Waals surface area (Å²) in [6, 6.07) is 43.2. The van der Waals surface area contributed by atoms with Crippen molar-refractivity contribution in [1.82, 2.24) is 15.5 Å². The maximum atomic E-state index is 14.8. The molecule has 0 aromatic heterocycles. The molecule has 0 radical (unpaired) electrons. The molecule has 3 amide bonds. The van der Waals surface area contributed by atoms with Gasteiger partial charge in [-0.3, -0.25) is 9.59 Å². The average molecular weight is 797 g/mol. The number of thioether (sulfide) groups is 1. The van der Waals surface area contributed by atoms with Gasteiger partial charge in [-0.15, -0.1) is 11.8 Å². The van der Waals surface area contributed by atoms with Gasteiger partial charge in [-0.1, -0.05) is 140 Å². The van der Waals surface area contributed by atoms with Crippen LogP contribution >= 0.6 is 11.8 Å². The molecule has 11 heteroatoms. The van der Waals surface area contributed by atoms with Gasteiger partial charge >= 0.3 is 12.1 Å². The number of amides is 3. The summed E-state index contributed by atoms with van der Waals surface area (Å²) in [7, 11) is 0. The number of nitrogens with two attached hydrogens (primary N) is 1. The Morgan fingerprint density at radius 1 is 0.741 bits per heavy atom. The van der Waals surface area contributed by atoms with Crippen molar-refractivity contribution in [2.24, 2.45) is 5.73 Å². The van der Waals surface area contributed by atoms with E-state index in [1.165, 1.54) is 16.7 Å². The minimum Gasteiger partial charge on any atom is -0.480 e. The number of aliphatic carboxylic acids is 1. The Labute approximate surface area is 343 Å². The first-order valence-electron chi connectivity index (χ1n) is 19.8. The van der Waals surface area contributed by atoms with E-state index >= 15 is 0 Å². The smallest absolute Gasteiger partial charge is 0.407 e. The quantitative estimate of drug-likeness (QED) is 0.0787. The fourth-order valence-electron chi connectivity index (χ4n) is 8.28. The van der Waals surface area contributed by atoms with Crippen LogP contribution in [0.4, 0.5) is 4.79 Å². The zero-order valence-corrected chi connectivity index (χ0v) is 33.0. The number of benzene rings is 5.